The van der Waals surface area contributed by atoms with Crippen molar-refractivity contribution in [1.82, 2.24) is 15.0 Å². The van der Waals surface area contributed by atoms with E-state index in [1.165, 1.54) is 0 Å². The highest BCUT2D eigenvalue weighted by atomic mass is 16.5. The molecular weight excluding hydrogens is 258 g/mol. The van der Waals surface area contributed by atoms with E-state index in [2.05, 4.69) is 45.9 Å². The monoisotopic (exact) mass is 283 g/mol. The molecule has 1 aromatic heterocycles. The quantitative estimate of drug-likeness (QED) is 0.737. The van der Waals surface area contributed by atoms with E-state index in [0.29, 0.717) is 31.1 Å². The van der Waals surface area contributed by atoms with Crippen molar-refractivity contribution in [2.45, 2.75) is 33.2 Å². The summed E-state index contributed by atoms with van der Waals surface area (Å²) in [5.41, 5.74) is 0. The molecule has 0 amide bonds. The molecular formula is C13H25N5O2. The van der Waals surface area contributed by atoms with Crippen LogP contribution in [0.5, 0.6) is 6.01 Å². The number of anilines is 2. The zero-order valence-electron chi connectivity index (χ0n) is 13.0. The Balaban J connectivity index is 2.99. The van der Waals surface area contributed by atoms with Crippen LogP contribution in [-0.4, -0.2) is 54.9 Å². The van der Waals surface area contributed by atoms with Crippen LogP contribution in [0.15, 0.2) is 0 Å². The molecule has 0 spiro atoms. The Hall–Kier alpha value is -1.63. The van der Waals surface area contributed by atoms with E-state index in [1.807, 2.05) is 0 Å². The van der Waals surface area contributed by atoms with Crippen molar-refractivity contribution in [3.8, 4) is 6.01 Å². The number of nitrogens with zero attached hydrogens (tertiary/aromatic N) is 4. The average Bonchev–Trinajstić information content (AvgIpc) is 2.45. The van der Waals surface area contributed by atoms with Crippen molar-refractivity contribution in [2.24, 2.45) is 0 Å². The SMILES string of the molecule is CCCNc1nc(OC)nc(N(CCOC)C(C)C)n1. The van der Waals surface area contributed by atoms with Crippen molar-refractivity contribution < 1.29 is 9.47 Å². The summed E-state index contributed by atoms with van der Waals surface area (Å²) >= 11 is 0. The van der Waals surface area contributed by atoms with E-state index in [4.69, 9.17) is 9.47 Å². The highest BCUT2D eigenvalue weighted by Gasteiger charge is 2.16. The predicted octanol–water partition coefficient (Wildman–Crippen LogP) is 1.56. The Bertz CT molecular complexity index is 400. The Kier molecular flexibility index (Phi) is 7.00. The van der Waals surface area contributed by atoms with E-state index in [0.717, 1.165) is 13.0 Å². The number of ether oxygens (including phenoxy) is 2. The molecule has 0 aliphatic carbocycles. The van der Waals surface area contributed by atoms with Crippen LogP contribution in [0.3, 0.4) is 0 Å². The van der Waals surface area contributed by atoms with Crippen molar-refractivity contribution in [3.63, 3.8) is 0 Å². The highest BCUT2D eigenvalue weighted by Crippen LogP contribution is 2.16. The summed E-state index contributed by atoms with van der Waals surface area (Å²) in [4.78, 5) is 15.0. The second-order valence-electron chi connectivity index (χ2n) is 4.65. The fourth-order valence-corrected chi connectivity index (χ4v) is 1.66. The molecule has 0 fully saturated rings. The molecule has 0 aliphatic heterocycles. The van der Waals surface area contributed by atoms with Gasteiger partial charge in [0.1, 0.15) is 0 Å². The molecule has 0 aromatic carbocycles. The normalized spacial score (nSPS) is 10.7. The summed E-state index contributed by atoms with van der Waals surface area (Å²) in [5, 5.41) is 3.16. The maximum atomic E-state index is 5.15. The highest BCUT2D eigenvalue weighted by molar-refractivity contribution is 5.39. The Morgan fingerprint density at radius 1 is 1.20 bits per heavy atom. The molecule has 1 aromatic rings. The fraction of sp³-hybridized carbons (Fsp3) is 0.769. The lowest BCUT2D eigenvalue weighted by Gasteiger charge is -2.26. The van der Waals surface area contributed by atoms with Crippen molar-refractivity contribution in [1.29, 1.82) is 0 Å². The number of methoxy groups -OCH3 is 2. The van der Waals surface area contributed by atoms with Crippen LogP contribution < -0.4 is 15.0 Å². The Labute approximate surface area is 120 Å². The lowest BCUT2D eigenvalue weighted by molar-refractivity contribution is 0.203. The van der Waals surface area contributed by atoms with Gasteiger partial charge in [-0.3, -0.25) is 0 Å². The largest absolute Gasteiger partial charge is 0.467 e. The van der Waals surface area contributed by atoms with Gasteiger partial charge in [-0.1, -0.05) is 6.92 Å². The van der Waals surface area contributed by atoms with Crippen LogP contribution >= 0.6 is 0 Å². The van der Waals surface area contributed by atoms with E-state index < -0.39 is 0 Å². The summed E-state index contributed by atoms with van der Waals surface area (Å²) in [5.74, 6) is 1.14. The van der Waals surface area contributed by atoms with E-state index in [1.54, 1.807) is 14.2 Å². The van der Waals surface area contributed by atoms with Gasteiger partial charge in [0, 0.05) is 26.2 Å². The molecule has 0 atom stereocenters. The lowest BCUT2D eigenvalue weighted by Crippen LogP contribution is -2.35. The molecule has 0 radical (unpaired) electrons. The predicted molar refractivity (Wildman–Crippen MR) is 79.5 cm³/mol. The van der Waals surface area contributed by atoms with Gasteiger partial charge in [-0.2, -0.15) is 15.0 Å². The number of hydrogen-bond acceptors (Lipinski definition) is 7. The molecule has 0 saturated carbocycles. The third-order valence-corrected chi connectivity index (χ3v) is 2.74. The standard InChI is InChI=1S/C13H25N5O2/c1-6-7-14-11-15-12(17-13(16-11)20-5)18(10(2)3)8-9-19-4/h10H,6-9H2,1-5H3,(H,14,15,16,17). The van der Waals surface area contributed by atoms with E-state index >= 15 is 0 Å². The first-order valence-electron chi connectivity index (χ1n) is 6.91. The maximum Gasteiger partial charge on any atom is 0.322 e. The average molecular weight is 283 g/mol. The minimum atomic E-state index is 0.260. The van der Waals surface area contributed by atoms with Gasteiger partial charge in [0.25, 0.3) is 0 Å². The first kappa shape index (κ1) is 16.4. The third-order valence-electron chi connectivity index (χ3n) is 2.74. The van der Waals surface area contributed by atoms with Crippen molar-refractivity contribution >= 4 is 11.9 Å². The molecule has 20 heavy (non-hydrogen) atoms. The Morgan fingerprint density at radius 3 is 2.50 bits per heavy atom. The summed E-state index contributed by atoms with van der Waals surface area (Å²) < 4.78 is 10.3. The van der Waals surface area contributed by atoms with Crippen LogP contribution in [-0.2, 0) is 4.74 Å². The van der Waals surface area contributed by atoms with E-state index in [-0.39, 0.29) is 6.04 Å². The molecule has 0 bridgehead atoms. The second kappa shape index (κ2) is 8.52. The minimum Gasteiger partial charge on any atom is -0.467 e. The zero-order chi connectivity index (χ0) is 15.0. The molecule has 7 nitrogen and oxygen atoms in total. The Morgan fingerprint density at radius 2 is 1.95 bits per heavy atom. The number of nitrogens with one attached hydrogen (secondary N) is 1. The number of rotatable bonds is 9. The van der Waals surface area contributed by atoms with Gasteiger partial charge in [0.05, 0.1) is 13.7 Å². The topological polar surface area (TPSA) is 72.4 Å². The minimum absolute atomic E-state index is 0.260. The first-order chi connectivity index (χ1) is 9.62. The van der Waals surface area contributed by atoms with Gasteiger partial charge < -0.3 is 19.7 Å². The molecule has 7 heteroatoms. The summed E-state index contributed by atoms with van der Waals surface area (Å²) in [6.07, 6.45) is 1.00. The number of hydrogen-bond donors (Lipinski definition) is 1. The zero-order valence-corrected chi connectivity index (χ0v) is 13.0. The van der Waals surface area contributed by atoms with Crippen molar-refractivity contribution in [3.05, 3.63) is 0 Å². The maximum absolute atomic E-state index is 5.15. The van der Waals surface area contributed by atoms with Crippen LogP contribution in [0.2, 0.25) is 0 Å². The van der Waals surface area contributed by atoms with Gasteiger partial charge in [-0.25, -0.2) is 0 Å². The van der Waals surface area contributed by atoms with Crippen LogP contribution in [0, 0.1) is 0 Å². The van der Waals surface area contributed by atoms with Crippen molar-refractivity contribution in [2.75, 3.05) is 44.1 Å². The molecule has 0 unspecified atom stereocenters. The van der Waals surface area contributed by atoms with Gasteiger partial charge >= 0.3 is 6.01 Å². The van der Waals surface area contributed by atoms with E-state index in [9.17, 15) is 0 Å². The van der Waals surface area contributed by atoms with Gasteiger partial charge in [-0.15, -0.1) is 0 Å². The molecule has 1 rings (SSSR count). The number of aromatic nitrogens is 3. The summed E-state index contributed by atoms with van der Waals surface area (Å²) in [6, 6.07) is 0.577. The van der Waals surface area contributed by atoms with Gasteiger partial charge in [0.2, 0.25) is 11.9 Å². The molecule has 0 aliphatic rings. The summed E-state index contributed by atoms with van der Waals surface area (Å²) in [6.45, 7) is 8.41. The molecule has 0 saturated heterocycles. The van der Waals surface area contributed by atoms with Gasteiger partial charge in [-0.05, 0) is 20.3 Å². The first-order valence-corrected chi connectivity index (χ1v) is 6.91. The molecule has 1 N–H and O–H groups in total. The second-order valence-corrected chi connectivity index (χ2v) is 4.65. The fourth-order valence-electron chi connectivity index (χ4n) is 1.66. The van der Waals surface area contributed by atoms with Crippen LogP contribution in [0.1, 0.15) is 27.2 Å². The lowest BCUT2D eigenvalue weighted by atomic mass is 10.3. The summed E-state index contributed by atoms with van der Waals surface area (Å²) in [7, 11) is 3.23. The molecule has 1 heterocycles. The van der Waals surface area contributed by atoms with Gasteiger partial charge in [0.15, 0.2) is 0 Å². The van der Waals surface area contributed by atoms with Crippen LogP contribution in [0.25, 0.3) is 0 Å². The third kappa shape index (κ3) is 4.80. The molecule has 114 valence electrons. The van der Waals surface area contributed by atoms with Crippen LogP contribution in [0.4, 0.5) is 11.9 Å². The smallest absolute Gasteiger partial charge is 0.322 e.